The molecule has 0 spiro atoms. The number of nitrogens with one attached hydrogen (secondary N) is 1. The first-order valence-corrected chi connectivity index (χ1v) is 10.4. The van der Waals surface area contributed by atoms with Crippen molar-refractivity contribution in [2.24, 2.45) is 5.92 Å². The van der Waals surface area contributed by atoms with Crippen molar-refractivity contribution >= 4 is 12.0 Å². The van der Waals surface area contributed by atoms with Crippen molar-refractivity contribution in [2.45, 2.75) is 59.0 Å². The molecule has 1 aromatic rings. The lowest BCUT2D eigenvalue weighted by atomic mass is 9.92. The van der Waals surface area contributed by atoms with E-state index < -0.39 is 17.3 Å². The molecule has 0 aromatic heterocycles. The second-order valence-corrected chi connectivity index (χ2v) is 8.40. The topological polar surface area (TPSA) is 67.9 Å². The van der Waals surface area contributed by atoms with Gasteiger partial charge >= 0.3 is 6.09 Å². The predicted octanol–water partition coefficient (Wildman–Crippen LogP) is 4.38. The van der Waals surface area contributed by atoms with E-state index in [-0.39, 0.29) is 11.7 Å². The highest BCUT2D eigenvalue weighted by atomic mass is 19.1. The first-order chi connectivity index (χ1) is 13.7. The molecule has 162 valence electrons. The SMILES string of the molecule is CCNC(=O)c1ccc(OCCCC2CCN(C(=O)OC(C)(C)C)CC2)cc1F. The zero-order valence-electron chi connectivity index (χ0n) is 17.9. The number of carbonyl (C=O) groups excluding carboxylic acids is 2. The maximum atomic E-state index is 14.0. The van der Waals surface area contributed by atoms with Crippen LogP contribution in [0.2, 0.25) is 0 Å². The number of piperidine rings is 1. The van der Waals surface area contributed by atoms with Crippen molar-refractivity contribution in [1.29, 1.82) is 0 Å². The van der Waals surface area contributed by atoms with E-state index in [2.05, 4.69) is 5.32 Å². The zero-order chi connectivity index (χ0) is 21.4. The van der Waals surface area contributed by atoms with Gasteiger partial charge in [0.05, 0.1) is 12.2 Å². The summed E-state index contributed by atoms with van der Waals surface area (Å²) in [6.45, 7) is 9.78. The van der Waals surface area contributed by atoms with Crippen LogP contribution in [0.4, 0.5) is 9.18 Å². The lowest BCUT2D eigenvalue weighted by Gasteiger charge is -2.33. The van der Waals surface area contributed by atoms with Crippen LogP contribution in [0.1, 0.15) is 63.7 Å². The summed E-state index contributed by atoms with van der Waals surface area (Å²) in [5, 5.41) is 2.58. The summed E-state index contributed by atoms with van der Waals surface area (Å²) in [5.41, 5.74) is -0.445. The Morgan fingerprint density at radius 1 is 1.24 bits per heavy atom. The Labute approximate surface area is 172 Å². The molecule has 29 heavy (non-hydrogen) atoms. The molecule has 0 radical (unpaired) electrons. The summed E-state index contributed by atoms with van der Waals surface area (Å²) < 4.78 is 25.1. The third-order valence-corrected chi connectivity index (χ3v) is 4.81. The first-order valence-electron chi connectivity index (χ1n) is 10.4. The average molecular weight is 409 g/mol. The summed E-state index contributed by atoms with van der Waals surface area (Å²) in [6, 6.07) is 4.32. The summed E-state index contributed by atoms with van der Waals surface area (Å²) in [5.74, 6) is -0.0262. The van der Waals surface area contributed by atoms with Gasteiger partial charge in [-0.15, -0.1) is 0 Å². The van der Waals surface area contributed by atoms with Crippen molar-refractivity contribution < 1.29 is 23.5 Å². The van der Waals surface area contributed by atoms with Crippen LogP contribution < -0.4 is 10.1 Å². The molecule has 1 N–H and O–H groups in total. The van der Waals surface area contributed by atoms with E-state index in [1.54, 1.807) is 17.9 Å². The molecule has 1 heterocycles. The van der Waals surface area contributed by atoms with Gasteiger partial charge in [0.2, 0.25) is 0 Å². The number of nitrogens with zero attached hydrogens (tertiary/aromatic N) is 1. The molecule has 1 aliphatic heterocycles. The van der Waals surface area contributed by atoms with Crippen LogP contribution in [0.5, 0.6) is 5.75 Å². The molecule has 2 rings (SSSR count). The van der Waals surface area contributed by atoms with E-state index >= 15 is 0 Å². The van der Waals surface area contributed by atoms with Gasteiger partial charge in [-0.25, -0.2) is 9.18 Å². The minimum atomic E-state index is -0.581. The Morgan fingerprint density at radius 2 is 1.93 bits per heavy atom. The standard InChI is InChI=1S/C22H33FN2O4/c1-5-24-20(26)18-9-8-17(15-19(18)23)28-14-6-7-16-10-12-25(13-11-16)21(27)29-22(2,3)4/h8-9,15-16H,5-7,10-14H2,1-4H3,(H,24,26). The fraction of sp³-hybridized carbons (Fsp3) is 0.636. The molecule has 1 fully saturated rings. The van der Waals surface area contributed by atoms with Gasteiger partial charge in [0, 0.05) is 25.7 Å². The highest BCUT2D eigenvalue weighted by molar-refractivity contribution is 5.94. The van der Waals surface area contributed by atoms with Crippen molar-refractivity contribution in [3.05, 3.63) is 29.6 Å². The molecule has 7 heteroatoms. The zero-order valence-corrected chi connectivity index (χ0v) is 17.9. The monoisotopic (exact) mass is 408 g/mol. The number of ether oxygens (including phenoxy) is 2. The van der Waals surface area contributed by atoms with Gasteiger partial charge in [-0.2, -0.15) is 0 Å². The second-order valence-electron chi connectivity index (χ2n) is 8.40. The van der Waals surface area contributed by atoms with E-state index in [1.807, 2.05) is 20.8 Å². The Morgan fingerprint density at radius 3 is 2.52 bits per heavy atom. The van der Waals surface area contributed by atoms with Crippen LogP contribution in [-0.4, -0.2) is 48.7 Å². The van der Waals surface area contributed by atoms with Crippen molar-refractivity contribution in [3.8, 4) is 5.75 Å². The normalized spacial score (nSPS) is 15.1. The fourth-order valence-electron chi connectivity index (χ4n) is 3.32. The number of hydrogen-bond donors (Lipinski definition) is 1. The third-order valence-electron chi connectivity index (χ3n) is 4.81. The Balaban J connectivity index is 1.68. The van der Waals surface area contributed by atoms with Gasteiger partial charge in [0.25, 0.3) is 5.91 Å². The number of benzene rings is 1. The maximum absolute atomic E-state index is 14.0. The number of rotatable bonds is 7. The summed E-state index contributed by atoms with van der Waals surface area (Å²) in [6.07, 6.45) is 3.53. The average Bonchev–Trinajstić information content (AvgIpc) is 2.64. The molecular formula is C22H33FN2O4. The molecule has 0 bridgehead atoms. The van der Waals surface area contributed by atoms with Crippen LogP contribution in [0, 0.1) is 11.7 Å². The van der Waals surface area contributed by atoms with Gasteiger partial charge in [-0.05, 0) is 71.4 Å². The van der Waals surface area contributed by atoms with Crippen LogP contribution in [-0.2, 0) is 4.74 Å². The molecule has 1 aliphatic rings. The van der Waals surface area contributed by atoms with Crippen molar-refractivity contribution in [3.63, 3.8) is 0 Å². The summed E-state index contributed by atoms with van der Waals surface area (Å²) >= 11 is 0. The van der Waals surface area contributed by atoms with Crippen LogP contribution >= 0.6 is 0 Å². The van der Waals surface area contributed by atoms with Crippen LogP contribution in [0.25, 0.3) is 0 Å². The lowest BCUT2D eigenvalue weighted by molar-refractivity contribution is 0.0179. The van der Waals surface area contributed by atoms with E-state index in [9.17, 15) is 14.0 Å². The van der Waals surface area contributed by atoms with Gasteiger partial charge in [0.1, 0.15) is 17.2 Å². The predicted molar refractivity (Wildman–Crippen MR) is 110 cm³/mol. The second kappa shape index (κ2) is 10.5. The number of likely N-dealkylation sites (tertiary alicyclic amines) is 1. The molecule has 0 unspecified atom stereocenters. The molecule has 0 aliphatic carbocycles. The van der Waals surface area contributed by atoms with E-state index in [0.29, 0.717) is 37.9 Å². The first kappa shape index (κ1) is 23.0. The Hall–Kier alpha value is -2.31. The maximum Gasteiger partial charge on any atom is 0.410 e. The molecule has 0 atom stereocenters. The van der Waals surface area contributed by atoms with Gasteiger partial charge in [-0.1, -0.05) is 0 Å². The van der Waals surface area contributed by atoms with E-state index in [0.717, 1.165) is 25.7 Å². The molecule has 0 saturated carbocycles. The number of halogens is 1. The lowest BCUT2D eigenvalue weighted by Crippen LogP contribution is -2.41. The molecule has 1 aromatic carbocycles. The summed E-state index contributed by atoms with van der Waals surface area (Å²) in [7, 11) is 0. The van der Waals surface area contributed by atoms with Gasteiger partial charge in [0.15, 0.2) is 0 Å². The van der Waals surface area contributed by atoms with E-state index in [4.69, 9.17) is 9.47 Å². The molecular weight excluding hydrogens is 375 g/mol. The van der Waals surface area contributed by atoms with Gasteiger partial charge < -0.3 is 19.7 Å². The summed E-state index contributed by atoms with van der Waals surface area (Å²) in [4.78, 5) is 25.6. The molecule has 2 amide bonds. The number of carbonyl (C=O) groups is 2. The number of hydrogen-bond acceptors (Lipinski definition) is 4. The quantitative estimate of drug-likeness (QED) is 0.680. The van der Waals surface area contributed by atoms with Crippen molar-refractivity contribution in [2.75, 3.05) is 26.2 Å². The number of amides is 2. The minimum Gasteiger partial charge on any atom is -0.493 e. The Kier molecular flexibility index (Phi) is 8.29. The largest absolute Gasteiger partial charge is 0.493 e. The molecule has 1 saturated heterocycles. The smallest absolute Gasteiger partial charge is 0.410 e. The van der Waals surface area contributed by atoms with Crippen molar-refractivity contribution in [1.82, 2.24) is 10.2 Å². The molecule has 6 nitrogen and oxygen atoms in total. The highest BCUT2D eigenvalue weighted by Gasteiger charge is 2.26. The minimum absolute atomic E-state index is 0.0240. The van der Waals surface area contributed by atoms with Gasteiger partial charge in [-0.3, -0.25) is 4.79 Å². The van der Waals surface area contributed by atoms with E-state index in [1.165, 1.54) is 12.1 Å². The van der Waals surface area contributed by atoms with Crippen LogP contribution in [0.3, 0.4) is 0 Å². The Bertz CT molecular complexity index is 695. The van der Waals surface area contributed by atoms with Crippen LogP contribution in [0.15, 0.2) is 18.2 Å². The fourth-order valence-corrected chi connectivity index (χ4v) is 3.32. The third kappa shape index (κ3) is 7.55. The highest BCUT2D eigenvalue weighted by Crippen LogP contribution is 2.24.